The van der Waals surface area contributed by atoms with Gasteiger partial charge in [-0.05, 0) is 68.6 Å². The van der Waals surface area contributed by atoms with Crippen LogP contribution >= 0.6 is 43.5 Å². The molecule has 0 radical (unpaired) electrons. The van der Waals surface area contributed by atoms with E-state index in [1.54, 1.807) is 18.2 Å². The molecule has 0 aliphatic carbocycles. The van der Waals surface area contributed by atoms with E-state index in [1.807, 2.05) is 19.1 Å². The Morgan fingerprint density at radius 2 is 1.89 bits per heavy atom. The molecule has 0 saturated heterocycles. The van der Waals surface area contributed by atoms with E-state index in [4.69, 9.17) is 11.6 Å². The van der Waals surface area contributed by atoms with Gasteiger partial charge in [-0.1, -0.05) is 17.7 Å². The zero-order valence-corrected chi connectivity index (χ0v) is 13.8. The number of hydrogen-bond donors (Lipinski definition) is 1. The van der Waals surface area contributed by atoms with E-state index in [0.29, 0.717) is 5.69 Å². The summed E-state index contributed by atoms with van der Waals surface area (Å²) >= 11 is 12.6. The van der Waals surface area contributed by atoms with E-state index in [2.05, 4.69) is 42.2 Å². The van der Waals surface area contributed by atoms with Crippen LogP contribution in [0.5, 0.6) is 0 Å². The molecule has 1 heterocycles. The third-order valence-corrected chi connectivity index (χ3v) is 3.83. The van der Waals surface area contributed by atoms with Gasteiger partial charge >= 0.3 is 0 Å². The highest BCUT2D eigenvalue weighted by Gasteiger charge is 2.13. The highest BCUT2D eigenvalue weighted by Crippen LogP contribution is 2.32. The first kappa shape index (κ1) is 14.5. The van der Waals surface area contributed by atoms with Crippen LogP contribution in [0.1, 0.15) is 16.1 Å². The minimum Gasteiger partial charge on any atom is -0.319 e. The zero-order chi connectivity index (χ0) is 14.0. The van der Waals surface area contributed by atoms with E-state index in [1.165, 1.54) is 0 Å². The first-order chi connectivity index (χ1) is 8.97. The molecular weight excluding hydrogens is 395 g/mol. The highest BCUT2D eigenvalue weighted by atomic mass is 79.9. The third kappa shape index (κ3) is 3.55. The molecule has 1 N–H and O–H groups in total. The molecule has 0 unspecified atom stereocenters. The molecule has 2 aromatic rings. The second-order valence-corrected chi connectivity index (χ2v) is 6.00. The van der Waals surface area contributed by atoms with Gasteiger partial charge in [0.05, 0.1) is 5.69 Å². The zero-order valence-electron chi connectivity index (χ0n) is 9.88. The number of carbonyl (C=O) groups is 1. The molecule has 1 aromatic heterocycles. The first-order valence-corrected chi connectivity index (χ1v) is 7.33. The van der Waals surface area contributed by atoms with Crippen molar-refractivity contribution < 1.29 is 4.79 Å². The molecule has 6 heteroatoms. The quantitative estimate of drug-likeness (QED) is 0.729. The third-order valence-electron chi connectivity index (χ3n) is 2.37. The Hall–Kier alpha value is -0.910. The van der Waals surface area contributed by atoms with Crippen molar-refractivity contribution in [2.45, 2.75) is 6.92 Å². The number of rotatable bonds is 2. The van der Waals surface area contributed by atoms with Crippen LogP contribution in [0.3, 0.4) is 0 Å². The van der Waals surface area contributed by atoms with E-state index >= 15 is 0 Å². The van der Waals surface area contributed by atoms with Crippen LogP contribution in [-0.4, -0.2) is 10.9 Å². The number of halogens is 3. The standard InChI is InChI=1S/C13H9Br2ClN2O/c1-7-5-8(14)12(9(15)6-7)18-13(19)10-3-2-4-11(16)17-10/h2-6H,1H3,(H,18,19). The predicted molar refractivity (Wildman–Crippen MR) is 83.8 cm³/mol. The summed E-state index contributed by atoms with van der Waals surface area (Å²) in [5.74, 6) is -0.312. The number of benzene rings is 1. The second kappa shape index (κ2) is 6.03. The average Bonchev–Trinajstić information content (AvgIpc) is 2.33. The highest BCUT2D eigenvalue weighted by molar-refractivity contribution is 9.11. The monoisotopic (exact) mass is 402 g/mol. The number of nitrogens with zero attached hydrogens (tertiary/aromatic N) is 1. The van der Waals surface area contributed by atoms with Crippen molar-refractivity contribution in [3.63, 3.8) is 0 Å². The Morgan fingerprint density at radius 1 is 1.26 bits per heavy atom. The minimum atomic E-state index is -0.312. The summed E-state index contributed by atoms with van der Waals surface area (Å²) in [5.41, 5.74) is 2.02. The molecule has 1 aromatic carbocycles. The largest absolute Gasteiger partial charge is 0.319 e. The smallest absolute Gasteiger partial charge is 0.274 e. The molecule has 0 bridgehead atoms. The van der Waals surface area contributed by atoms with Crippen LogP contribution in [0.25, 0.3) is 0 Å². The van der Waals surface area contributed by atoms with Gasteiger partial charge < -0.3 is 5.32 Å². The van der Waals surface area contributed by atoms with Crippen molar-refractivity contribution in [2.24, 2.45) is 0 Å². The normalized spacial score (nSPS) is 10.3. The van der Waals surface area contributed by atoms with Gasteiger partial charge in [0, 0.05) is 8.95 Å². The molecule has 0 atom stereocenters. The summed E-state index contributed by atoms with van der Waals surface area (Å²) in [4.78, 5) is 16.1. The number of nitrogens with one attached hydrogen (secondary N) is 1. The number of aromatic nitrogens is 1. The maximum Gasteiger partial charge on any atom is 0.274 e. The van der Waals surface area contributed by atoms with E-state index < -0.39 is 0 Å². The molecule has 0 fully saturated rings. The maximum atomic E-state index is 12.1. The van der Waals surface area contributed by atoms with E-state index in [9.17, 15) is 4.79 Å². The van der Waals surface area contributed by atoms with Crippen molar-refractivity contribution in [1.29, 1.82) is 0 Å². The predicted octanol–water partition coefficient (Wildman–Crippen LogP) is 4.82. The van der Waals surface area contributed by atoms with Crippen molar-refractivity contribution in [1.82, 2.24) is 4.98 Å². The molecule has 19 heavy (non-hydrogen) atoms. The lowest BCUT2D eigenvalue weighted by Crippen LogP contribution is -2.14. The lowest BCUT2D eigenvalue weighted by Gasteiger charge is -2.10. The Bertz CT molecular complexity index is 623. The Labute approximate surface area is 132 Å². The van der Waals surface area contributed by atoms with E-state index in [-0.39, 0.29) is 16.8 Å². The number of carbonyl (C=O) groups excluding carboxylic acids is 1. The van der Waals surface area contributed by atoms with Crippen molar-refractivity contribution >= 4 is 55.1 Å². The number of amides is 1. The van der Waals surface area contributed by atoms with Crippen LogP contribution in [0.15, 0.2) is 39.3 Å². The summed E-state index contributed by atoms with van der Waals surface area (Å²) < 4.78 is 1.60. The number of pyridine rings is 1. The Balaban J connectivity index is 2.29. The van der Waals surface area contributed by atoms with Crippen molar-refractivity contribution in [3.8, 4) is 0 Å². The van der Waals surface area contributed by atoms with E-state index in [0.717, 1.165) is 14.5 Å². The molecule has 0 saturated carbocycles. The van der Waals surface area contributed by atoms with Gasteiger partial charge in [-0.2, -0.15) is 0 Å². The van der Waals surface area contributed by atoms with Gasteiger partial charge in [-0.3, -0.25) is 4.79 Å². The molecule has 98 valence electrons. The lowest BCUT2D eigenvalue weighted by atomic mass is 10.2. The maximum absolute atomic E-state index is 12.1. The van der Waals surface area contributed by atoms with Crippen LogP contribution in [-0.2, 0) is 0 Å². The summed E-state index contributed by atoms with van der Waals surface area (Å²) in [6.45, 7) is 1.97. The molecule has 1 amide bonds. The van der Waals surface area contributed by atoms with Crippen LogP contribution in [0.4, 0.5) is 5.69 Å². The fourth-order valence-electron chi connectivity index (χ4n) is 1.53. The number of anilines is 1. The van der Waals surface area contributed by atoms with Gasteiger partial charge in [0.25, 0.3) is 5.91 Å². The van der Waals surface area contributed by atoms with Crippen LogP contribution < -0.4 is 5.32 Å². The van der Waals surface area contributed by atoms with Crippen LogP contribution in [0.2, 0.25) is 5.15 Å². The van der Waals surface area contributed by atoms with Gasteiger partial charge in [-0.15, -0.1) is 0 Å². The summed E-state index contributed by atoms with van der Waals surface area (Å²) in [5, 5.41) is 3.08. The molecule has 2 rings (SSSR count). The Morgan fingerprint density at radius 3 is 2.47 bits per heavy atom. The molecule has 0 spiro atoms. The fraction of sp³-hybridized carbons (Fsp3) is 0.0769. The van der Waals surface area contributed by atoms with Gasteiger partial charge in [0.1, 0.15) is 10.8 Å². The van der Waals surface area contributed by atoms with Crippen molar-refractivity contribution in [2.75, 3.05) is 5.32 Å². The molecular formula is C13H9Br2ClN2O. The molecule has 0 aliphatic rings. The van der Waals surface area contributed by atoms with Gasteiger partial charge in [0.15, 0.2) is 0 Å². The SMILES string of the molecule is Cc1cc(Br)c(NC(=O)c2cccc(Cl)n2)c(Br)c1. The van der Waals surface area contributed by atoms with Gasteiger partial charge in [-0.25, -0.2) is 4.98 Å². The summed E-state index contributed by atoms with van der Waals surface area (Å²) in [7, 11) is 0. The summed E-state index contributed by atoms with van der Waals surface area (Å²) in [6.07, 6.45) is 0. The first-order valence-electron chi connectivity index (χ1n) is 5.37. The van der Waals surface area contributed by atoms with Crippen molar-refractivity contribution in [3.05, 3.63) is 55.7 Å². The van der Waals surface area contributed by atoms with Crippen LogP contribution in [0, 0.1) is 6.92 Å². The molecule has 3 nitrogen and oxygen atoms in total. The summed E-state index contributed by atoms with van der Waals surface area (Å²) in [6, 6.07) is 8.76. The second-order valence-electron chi connectivity index (χ2n) is 3.90. The van der Waals surface area contributed by atoms with Gasteiger partial charge in [0.2, 0.25) is 0 Å². The molecule has 0 aliphatic heterocycles. The topological polar surface area (TPSA) is 42.0 Å². The average molecular weight is 404 g/mol. The minimum absolute atomic E-state index is 0.270. The lowest BCUT2D eigenvalue weighted by molar-refractivity contribution is 0.102. The number of aryl methyl sites for hydroxylation is 1. The Kier molecular flexibility index (Phi) is 4.60. The fourth-order valence-corrected chi connectivity index (χ4v) is 3.31. The number of hydrogen-bond acceptors (Lipinski definition) is 2.